The minimum absolute atomic E-state index is 0.0753. The number of ether oxygens (including phenoxy) is 2. The van der Waals surface area contributed by atoms with Crippen molar-refractivity contribution in [2.45, 2.75) is 91.0 Å². The van der Waals surface area contributed by atoms with Crippen molar-refractivity contribution in [3.8, 4) is 23.0 Å². The van der Waals surface area contributed by atoms with Gasteiger partial charge in [0.2, 0.25) is 10.9 Å². The summed E-state index contributed by atoms with van der Waals surface area (Å²) in [5, 5.41) is 32.4. The van der Waals surface area contributed by atoms with E-state index in [4.69, 9.17) is 9.47 Å². The fourth-order valence-corrected chi connectivity index (χ4v) is 6.92. The zero-order valence-corrected chi connectivity index (χ0v) is 24.2. The summed E-state index contributed by atoms with van der Waals surface area (Å²) in [6.45, 7) is 12.0. The Morgan fingerprint density at radius 2 is 1.32 bits per heavy atom. The van der Waals surface area contributed by atoms with Crippen LogP contribution in [0.4, 0.5) is 0 Å². The first-order valence-corrected chi connectivity index (χ1v) is 14.1. The standard InChI is InChI=1S/C33H40O7/c1-18-10-24(34)26(36)15-28-22(18)12-20-14-30(38)33(6)21(17-31(3,4)8-7-9-32(20,5)39-28)13-23-19(2)11-25(35)27(37)16-29(23)40-33/h7-8,10-11,15-16,20-21,30,38H,9,12-14,17H2,1-6H3,(H,34,36)(H,35,37)/b8-7+/t20-,21+,30-,32-,33-/m1/s1. The van der Waals surface area contributed by atoms with Gasteiger partial charge in [-0.1, -0.05) is 26.0 Å². The molecule has 3 N–H and O–H groups in total. The molecule has 0 spiro atoms. The van der Waals surface area contributed by atoms with Crippen molar-refractivity contribution in [3.63, 3.8) is 0 Å². The molecule has 0 unspecified atom stereocenters. The van der Waals surface area contributed by atoms with Crippen molar-refractivity contribution in [2.75, 3.05) is 0 Å². The van der Waals surface area contributed by atoms with Crippen molar-refractivity contribution < 1.29 is 24.8 Å². The van der Waals surface area contributed by atoms with Crippen LogP contribution in [0.15, 0.2) is 46.0 Å². The fourth-order valence-electron chi connectivity index (χ4n) is 6.92. The zero-order valence-electron chi connectivity index (χ0n) is 24.2. The topological polar surface area (TPSA) is 113 Å². The number of allylic oxidation sites excluding steroid dienone is 1. The number of hydrogen-bond acceptors (Lipinski definition) is 7. The Morgan fingerprint density at radius 3 is 1.90 bits per heavy atom. The number of aliphatic hydroxyl groups excluding tert-OH is 1. The second-order valence-electron chi connectivity index (χ2n) is 13.2. The molecule has 5 atom stereocenters. The second-order valence-corrected chi connectivity index (χ2v) is 13.2. The molecule has 0 saturated heterocycles. The molecule has 7 nitrogen and oxygen atoms in total. The predicted octanol–water partition coefficient (Wildman–Crippen LogP) is 4.88. The van der Waals surface area contributed by atoms with Crippen LogP contribution in [0.2, 0.25) is 0 Å². The average molecular weight is 549 g/mol. The lowest BCUT2D eigenvalue weighted by Crippen LogP contribution is -2.57. The van der Waals surface area contributed by atoms with E-state index in [1.807, 2.05) is 27.7 Å². The summed E-state index contributed by atoms with van der Waals surface area (Å²) in [5.41, 5.74) is 0.287. The molecule has 2 aromatic carbocycles. The van der Waals surface area contributed by atoms with Crippen LogP contribution in [-0.2, 0) is 12.8 Å². The van der Waals surface area contributed by atoms with Gasteiger partial charge >= 0.3 is 0 Å². The van der Waals surface area contributed by atoms with Crippen LogP contribution >= 0.6 is 0 Å². The van der Waals surface area contributed by atoms with Crippen molar-refractivity contribution in [2.24, 2.45) is 17.3 Å². The molecule has 5 rings (SSSR count). The van der Waals surface area contributed by atoms with Crippen LogP contribution < -0.4 is 20.3 Å². The van der Waals surface area contributed by atoms with E-state index in [9.17, 15) is 24.9 Å². The highest BCUT2D eigenvalue weighted by atomic mass is 16.5. The Morgan fingerprint density at radius 1 is 0.800 bits per heavy atom. The molecule has 3 aliphatic rings. The lowest BCUT2D eigenvalue weighted by molar-refractivity contribution is -0.117. The fraction of sp³-hybridized carbons (Fsp3) is 0.515. The quantitative estimate of drug-likeness (QED) is 0.402. The Bertz CT molecular complexity index is 1510. The first-order chi connectivity index (χ1) is 18.6. The minimum atomic E-state index is -1.01. The number of hydrogen-bond donors (Lipinski definition) is 3. The summed E-state index contributed by atoms with van der Waals surface area (Å²) in [6, 6.07) is 5.68. The van der Waals surface area contributed by atoms with Crippen molar-refractivity contribution >= 4 is 0 Å². The third-order valence-electron chi connectivity index (χ3n) is 9.56. The smallest absolute Gasteiger partial charge is 0.223 e. The molecular formula is C33H40O7. The number of aliphatic hydroxyl groups is 1. The monoisotopic (exact) mass is 548 g/mol. The third-order valence-corrected chi connectivity index (χ3v) is 9.56. The Hall–Kier alpha value is -3.32. The van der Waals surface area contributed by atoms with Gasteiger partial charge in [-0.25, -0.2) is 0 Å². The van der Waals surface area contributed by atoms with E-state index in [1.54, 1.807) is 0 Å². The predicted molar refractivity (Wildman–Crippen MR) is 153 cm³/mol. The van der Waals surface area contributed by atoms with Gasteiger partial charge in [-0.3, -0.25) is 9.59 Å². The number of rotatable bonds is 0. The number of fused-ring (bicyclic) bond motifs is 4. The van der Waals surface area contributed by atoms with Gasteiger partial charge in [0, 0.05) is 30.4 Å². The van der Waals surface area contributed by atoms with Crippen LogP contribution in [0.5, 0.6) is 23.0 Å². The largest absolute Gasteiger partial charge is 0.504 e. The highest BCUT2D eigenvalue weighted by Crippen LogP contribution is 2.49. The summed E-state index contributed by atoms with van der Waals surface area (Å²) in [4.78, 5) is 25.0. The second kappa shape index (κ2) is 9.65. The van der Waals surface area contributed by atoms with E-state index in [1.165, 1.54) is 24.3 Å². The van der Waals surface area contributed by atoms with Gasteiger partial charge in [0.05, 0.1) is 6.10 Å². The van der Waals surface area contributed by atoms with Gasteiger partial charge < -0.3 is 24.8 Å². The molecule has 7 heteroatoms. The lowest BCUT2D eigenvalue weighted by Gasteiger charge is -2.49. The van der Waals surface area contributed by atoms with E-state index in [-0.39, 0.29) is 28.7 Å². The molecule has 0 aromatic heterocycles. The van der Waals surface area contributed by atoms with Gasteiger partial charge in [0.15, 0.2) is 11.5 Å². The van der Waals surface area contributed by atoms with E-state index in [0.29, 0.717) is 37.2 Å². The molecule has 0 saturated carbocycles. The minimum Gasteiger partial charge on any atom is -0.504 e. The first kappa shape index (κ1) is 28.2. The summed E-state index contributed by atoms with van der Waals surface area (Å²) in [7, 11) is 0. The lowest BCUT2D eigenvalue weighted by atomic mass is 9.67. The molecule has 2 aliphatic heterocycles. The van der Waals surface area contributed by atoms with Crippen LogP contribution in [0, 0.1) is 31.1 Å². The van der Waals surface area contributed by atoms with E-state index in [0.717, 1.165) is 28.7 Å². The Labute approximate surface area is 235 Å². The molecule has 0 bridgehead atoms. The van der Waals surface area contributed by atoms with E-state index < -0.39 is 28.2 Å². The number of aromatic hydroxyl groups is 2. The molecule has 1 aliphatic carbocycles. The summed E-state index contributed by atoms with van der Waals surface area (Å²) in [5.74, 6) is 0.0238. The highest BCUT2D eigenvalue weighted by molar-refractivity contribution is 5.46. The molecule has 0 fully saturated rings. The molecule has 40 heavy (non-hydrogen) atoms. The average Bonchev–Trinajstić information content (AvgIpc) is 3.01. The maximum atomic E-state index is 12.6. The van der Waals surface area contributed by atoms with Crippen molar-refractivity contribution in [1.29, 1.82) is 0 Å². The maximum Gasteiger partial charge on any atom is 0.223 e. The van der Waals surface area contributed by atoms with Crippen LogP contribution in [0.1, 0.15) is 69.2 Å². The van der Waals surface area contributed by atoms with Gasteiger partial charge in [-0.15, -0.1) is 0 Å². The van der Waals surface area contributed by atoms with Crippen LogP contribution in [0.3, 0.4) is 0 Å². The number of aryl methyl sites for hydroxylation is 2. The molecule has 2 heterocycles. The Balaban J connectivity index is 1.63. The van der Waals surface area contributed by atoms with E-state index in [2.05, 4.69) is 26.0 Å². The normalized spacial score (nSPS) is 31.5. The summed E-state index contributed by atoms with van der Waals surface area (Å²) in [6.07, 6.45) is 6.29. The van der Waals surface area contributed by atoms with E-state index >= 15 is 0 Å². The maximum absolute atomic E-state index is 12.6. The van der Waals surface area contributed by atoms with Gasteiger partial charge in [-0.05, 0) is 93.2 Å². The molecule has 214 valence electrons. The first-order valence-electron chi connectivity index (χ1n) is 14.1. The molecule has 0 amide bonds. The van der Waals surface area contributed by atoms with Crippen molar-refractivity contribution in [3.05, 3.63) is 79.1 Å². The van der Waals surface area contributed by atoms with Crippen LogP contribution in [-0.4, -0.2) is 32.6 Å². The van der Waals surface area contributed by atoms with Crippen molar-refractivity contribution in [1.82, 2.24) is 0 Å². The van der Waals surface area contributed by atoms with Gasteiger partial charge in [0.1, 0.15) is 22.7 Å². The zero-order chi connectivity index (χ0) is 29.2. The van der Waals surface area contributed by atoms with Gasteiger partial charge in [-0.2, -0.15) is 0 Å². The molecule has 0 radical (unpaired) electrons. The molecule has 2 aromatic rings. The summed E-state index contributed by atoms with van der Waals surface area (Å²) >= 11 is 0. The third kappa shape index (κ3) is 4.89. The SMILES string of the molecule is Cc1cc(O)c(=O)cc2c1C[C@H]1CC(C)(C)/C=C/C[C@@]3(C)Oc4cc(=O)c(O)cc(C)c4C[C@@H]3C[C@@H](O)[C@]1(C)O2. The molecular weight excluding hydrogens is 508 g/mol. The highest BCUT2D eigenvalue weighted by Gasteiger charge is 2.51. The summed E-state index contributed by atoms with van der Waals surface area (Å²) < 4.78 is 13.2. The Kier molecular flexibility index (Phi) is 6.81. The van der Waals surface area contributed by atoms with Gasteiger partial charge in [0.25, 0.3) is 0 Å². The van der Waals surface area contributed by atoms with Crippen LogP contribution in [0.25, 0.3) is 0 Å².